The molecule has 1 aromatic heterocycles. The van der Waals surface area contributed by atoms with Gasteiger partial charge in [-0.3, -0.25) is 9.69 Å². The van der Waals surface area contributed by atoms with E-state index in [0.717, 1.165) is 47.1 Å². The van der Waals surface area contributed by atoms with Gasteiger partial charge >= 0.3 is 0 Å². The fourth-order valence-electron chi connectivity index (χ4n) is 2.86. The molecule has 2 heterocycles. The lowest BCUT2D eigenvalue weighted by Gasteiger charge is -2.30. The molecule has 0 atom stereocenters. The Morgan fingerprint density at radius 2 is 2.00 bits per heavy atom. The molecule has 22 heavy (non-hydrogen) atoms. The zero-order valence-electron chi connectivity index (χ0n) is 12.6. The van der Waals surface area contributed by atoms with Crippen LogP contribution in [0.15, 0.2) is 30.3 Å². The number of carbonyl (C=O) groups is 1. The van der Waals surface area contributed by atoms with Crippen LogP contribution in [0.4, 0.5) is 0 Å². The Morgan fingerprint density at radius 3 is 2.59 bits per heavy atom. The smallest absolute Gasteiger partial charge is 0.180 e. The van der Waals surface area contributed by atoms with Gasteiger partial charge in [0.25, 0.3) is 0 Å². The van der Waals surface area contributed by atoms with Crippen molar-refractivity contribution in [1.82, 2.24) is 14.7 Å². The Labute approximate surface area is 139 Å². The molecule has 0 amide bonds. The monoisotopic (exact) mass is 333 g/mol. The van der Waals surface area contributed by atoms with Crippen LogP contribution in [0.25, 0.3) is 0 Å². The normalized spacial score (nSPS) is 16.8. The fourth-order valence-corrected chi connectivity index (χ4v) is 3.92. The summed E-state index contributed by atoms with van der Waals surface area (Å²) in [5.74, 6) is 0.421. The van der Waals surface area contributed by atoms with Gasteiger partial charge in [0.1, 0.15) is 5.01 Å². The third kappa shape index (κ3) is 3.51. The van der Waals surface area contributed by atoms with Gasteiger partial charge in [0.2, 0.25) is 0 Å². The minimum Gasteiger partial charge on any atom is -0.294 e. The topological polar surface area (TPSA) is 38.1 Å². The summed E-state index contributed by atoms with van der Waals surface area (Å²) in [7, 11) is 0. The largest absolute Gasteiger partial charge is 0.294 e. The Bertz CT molecular complexity index is 700. The van der Waals surface area contributed by atoms with Crippen molar-refractivity contribution in [1.29, 1.82) is 0 Å². The Hall–Kier alpha value is -1.37. The molecule has 0 N–H and O–H groups in total. The maximum absolute atomic E-state index is 12.5. The highest BCUT2D eigenvalue weighted by Gasteiger charge is 2.25. The van der Waals surface area contributed by atoms with Gasteiger partial charge in [-0.15, -0.1) is 0 Å². The van der Waals surface area contributed by atoms with Gasteiger partial charge in [-0.1, -0.05) is 41.7 Å². The molecule has 0 unspecified atom stereocenters. The molecule has 0 radical (unpaired) electrons. The van der Waals surface area contributed by atoms with E-state index < -0.39 is 0 Å². The summed E-state index contributed by atoms with van der Waals surface area (Å²) in [6.07, 6.45) is 1.81. The van der Waals surface area contributed by atoms with E-state index in [4.69, 9.17) is 12.2 Å². The number of Topliss-reactive ketones (excluding diaryl/α,β-unsaturated/α-hetero) is 1. The van der Waals surface area contributed by atoms with Crippen molar-refractivity contribution in [3.8, 4) is 0 Å². The van der Waals surface area contributed by atoms with E-state index in [1.165, 1.54) is 0 Å². The van der Waals surface area contributed by atoms with Crippen LogP contribution < -0.4 is 0 Å². The number of hydrogen-bond acceptors (Lipinski definition) is 5. The zero-order valence-corrected chi connectivity index (χ0v) is 14.2. The van der Waals surface area contributed by atoms with E-state index >= 15 is 0 Å². The number of piperidine rings is 1. The van der Waals surface area contributed by atoms with Crippen LogP contribution >= 0.6 is 23.6 Å². The molecule has 0 saturated carbocycles. The molecule has 4 nitrogen and oxygen atoms in total. The van der Waals surface area contributed by atoms with Crippen molar-refractivity contribution in [2.24, 2.45) is 5.92 Å². The molecule has 6 heteroatoms. The summed E-state index contributed by atoms with van der Waals surface area (Å²) in [4.78, 5) is 14.8. The molecule has 0 spiro atoms. The zero-order chi connectivity index (χ0) is 15.5. The number of benzene rings is 1. The number of ketones is 1. The standard InChI is InChI=1S/C16H19N3OS2/c1-12-17-19(16(21)22-12)11-18-9-7-14(8-10-18)15(20)13-5-3-2-4-6-13/h2-6,14H,7-11H2,1H3. The first-order valence-electron chi connectivity index (χ1n) is 7.49. The maximum atomic E-state index is 12.5. The van der Waals surface area contributed by atoms with Crippen molar-refractivity contribution in [2.75, 3.05) is 13.1 Å². The molecule has 0 aliphatic carbocycles. The number of aromatic nitrogens is 2. The summed E-state index contributed by atoms with van der Waals surface area (Å²) >= 11 is 6.85. The van der Waals surface area contributed by atoms with Crippen LogP contribution in [0.2, 0.25) is 0 Å². The van der Waals surface area contributed by atoms with E-state index in [-0.39, 0.29) is 11.7 Å². The first-order valence-corrected chi connectivity index (χ1v) is 8.72. The van der Waals surface area contributed by atoms with Gasteiger partial charge in [-0.25, -0.2) is 4.68 Å². The number of carbonyl (C=O) groups excluding carboxylic acids is 1. The third-order valence-electron chi connectivity index (χ3n) is 4.06. The fraction of sp³-hybridized carbons (Fsp3) is 0.438. The second-order valence-electron chi connectivity index (χ2n) is 5.65. The molecule has 3 rings (SSSR count). The average Bonchev–Trinajstić information content (AvgIpc) is 2.86. The van der Waals surface area contributed by atoms with Gasteiger partial charge in [0.05, 0.1) is 6.67 Å². The molecule has 1 fully saturated rings. The van der Waals surface area contributed by atoms with Crippen LogP contribution in [0.3, 0.4) is 0 Å². The number of aryl methyl sites for hydroxylation is 1. The lowest BCUT2D eigenvalue weighted by atomic mass is 9.89. The summed E-state index contributed by atoms with van der Waals surface area (Å²) in [5, 5.41) is 5.43. The lowest BCUT2D eigenvalue weighted by Crippen LogP contribution is -2.37. The molecule has 1 saturated heterocycles. The van der Waals surface area contributed by atoms with Crippen LogP contribution in [0.5, 0.6) is 0 Å². The third-order valence-corrected chi connectivity index (χ3v) is 5.28. The van der Waals surface area contributed by atoms with E-state index in [1.807, 2.05) is 41.9 Å². The second-order valence-corrected chi connectivity index (χ2v) is 7.48. The van der Waals surface area contributed by atoms with Crippen LogP contribution in [0.1, 0.15) is 28.2 Å². The quantitative estimate of drug-likeness (QED) is 0.634. The maximum Gasteiger partial charge on any atom is 0.180 e. The van der Waals surface area contributed by atoms with Crippen LogP contribution in [-0.2, 0) is 6.67 Å². The highest BCUT2D eigenvalue weighted by atomic mass is 32.1. The Morgan fingerprint density at radius 1 is 1.32 bits per heavy atom. The minimum atomic E-state index is 0.142. The summed E-state index contributed by atoms with van der Waals surface area (Å²) in [6, 6.07) is 9.61. The van der Waals surface area contributed by atoms with Crippen molar-refractivity contribution in [3.05, 3.63) is 44.9 Å². The van der Waals surface area contributed by atoms with Crippen molar-refractivity contribution in [3.63, 3.8) is 0 Å². The van der Waals surface area contributed by atoms with Crippen LogP contribution in [-0.4, -0.2) is 33.6 Å². The predicted molar refractivity (Wildman–Crippen MR) is 90.7 cm³/mol. The van der Waals surface area contributed by atoms with E-state index in [0.29, 0.717) is 0 Å². The molecule has 0 bridgehead atoms. The summed E-state index contributed by atoms with van der Waals surface area (Å²) < 4.78 is 2.70. The van der Waals surface area contributed by atoms with Crippen molar-refractivity contribution in [2.45, 2.75) is 26.4 Å². The predicted octanol–water partition coefficient (Wildman–Crippen LogP) is 3.53. The van der Waals surface area contributed by atoms with Crippen molar-refractivity contribution >= 4 is 29.3 Å². The molecule has 116 valence electrons. The van der Waals surface area contributed by atoms with Gasteiger partial charge in [-0.2, -0.15) is 5.10 Å². The molecule has 1 aliphatic heterocycles. The second kappa shape index (κ2) is 6.81. The highest BCUT2D eigenvalue weighted by molar-refractivity contribution is 7.73. The SMILES string of the molecule is Cc1nn(CN2CCC(C(=O)c3ccccc3)CC2)c(=S)s1. The average molecular weight is 333 g/mol. The molecule has 2 aromatic rings. The summed E-state index contributed by atoms with van der Waals surface area (Å²) in [6.45, 7) is 4.54. The number of nitrogens with zero attached hydrogens (tertiary/aromatic N) is 3. The minimum absolute atomic E-state index is 0.142. The van der Waals surface area contributed by atoms with E-state index in [1.54, 1.807) is 11.3 Å². The first kappa shape index (κ1) is 15.5. The number of hydrogen-bond donors (Lipinski definition) is 0. The molecule has 1 aromatic carbocycles. The molecular weight excluding hydrogens is 314 g/mol. The number of likely N-dealkylation sites (tertiary alicyclic amines) is 1. The van der Waals surface area contributed by atoms with Gasteiger partial charge in [0.15, 0.2) is 9.74 Å². The van der Waals surface area contributed by atoms with Crippen molar-refractivity contribution < 1.29 is 4.79 Å². The van der Waals surface area contributed by atoms with E-state index in [9.17, 15) is 4.79 Å². The highest BCUT2D eigenvalue weighted by Crippen LogP contribution is 2.22. The first-order chi connectivity index (χ1) is 10.6. The van der Waals surface area contributed by atoms with Gasteiger partial charge in [-0.05, 0) is 32.0 Å². The Balaban J connectivity index is 1.57. The van der Waals surface area contributed by atoms with E-state index in [2.05, 4.69) is 10.00 Å². The lowest BCUT2D eigenvalue weighted by molar-refractivity contribution is 0.0804. The van der Waals surface area contributed by atoms with Gasteiger partial charge in [0, 0.05) is 24.6 Å². The Kier molecular flexibility index (Phi) is 4.81. The van der Waals surface area contributed by atoms with Gasteiger partial charge < -0.3 is 0 Å². The molecular formula is C16H19N3OS2. The summed E-state index contributed by atoms with van der Waals surface area (Å²) in [5.41, 5.74) is 0.832. The number of rotatable bonds is 4. The molecule has 1 aliphatic rings. The van der Waals surface area contributed by atoms with Crippen LogP contribution in [0, 0.1) is 16.8 Å².